The Kier molecular flexibility index (Phi) is 4.30. The van der Waals surface area contributed by atoms with Crippen molar-refractivity contribution in [3.63, 3.8) is 0 Å². The van der Waals surface area contributed by atoms with E-state index >= 15 is 0 Å². The smallest absolute Gasteiger partial charge is 0.244 e. The number of nitrogens with one attached hydrogen (secondary N) is 1. The zero-order valence-electron chi connectivity index (χ0n) is 14.0. The van der Waals surface area contributed by atoms with E-state index in [1.807, 2.05) is 30.3 Å². The van der Waals surface area contributed by atoms with E-state index in [9.17, 15) is 4.79 Å². The zero-order chi connectivity index (χ0) is 17.1. The maximum Gasteiger partial charge on any atom is 0.244 e. The van der Waals surface area contributed by atoms with E-state index < -0.39 is 0 Å². The van der Waals surface area contributed by atoms with Crippen LogP contribution < -0.4 is 5.43 Å². The monoisotopic (exact) mass is 328 g/mol. The van der Waals surface area contributed by atoms with Gasteiger partial charge in [-0.3, -0.25) is 4.79 Å². The third-order valence-electron chi connectivity index (χ3n) is 4.73. The molecule has 0 bridgehead atoms. The van der Waals surface area contributed by atoms with Gasteiger partial charge < -0.3 is 0 Å². The van der Waals surface area contributed by atoms with Crippen molar-refractivity contribution in [2.45, 2.75) is 25.7 Å². The minimum atomic E-state index is -0.0769. The number of fused-ring (bicyclic) bond motifs is 2. The summed E-state index contributed by atoms with van der Waals surface area (Å²) in [4.78, 5) is 12.4. The summed E-state index contributed by atoms with van der Waals surface area (Å²) in [6.45, 7) is 0. The number of carbonyl (C=O) groups excluding carboxylic acids is 1. The van der Waals surface area contributed by atoms with Crippen LogP contribution in [0.2, 0.25) is 0 Å². The molecule has 1 N–H and O–H groups in total. The van der Waals surface area contributed by atoms with Gasteiger partial charge in [0.15, 0.2) is 0 Å². The third kappa shape index (κ3) is 3.31. The van der Waals surface area contributed by atoms with E-state index in [0.717, 1.165) is 41.3 Å². The fourth-order valence-corrected chi connectivity index (χ4v) is 3.51. The molecule has 25 heavy (non-hydrogen) atoms. The fourth-order valence-electron chi connectivity index (χ4n) is 3.51. The number of hydrazone groups is 1. The van der Waals surface area contributed by atoms with Gasteiger partial charge >= 0.3 is 0 Å². The Labute approximate surface area is 147 Å². The number of aryl methyl sites for hydroxylation is 1. The molecule has 1 aliphatic rings. The van der Waals surface area contributed by atoms with Gasteiger partial charge in [0, 0.05) is 5.56 Å². The predicted molar refractivity (Wildman–Crippen MR) is 102 cm³/mol. The first-order chi connectivity index (χ1) is 12.3. The lowest BCUT2D eigenvalue weighted by Gasteiger charge is -2.17. The van der Waals surface area contributed by atoms with Crippen LogP contribution in [0.1, 0.15) is 29.5 Å². The summed E-state index contributed by atoms with van der Waals surface area (Å²) in [7, 11) is 0. The van der Waals surface area contributed by atoms with Crippen LogP contribution >= 0.6 is 0 Å². The van der Waals surface area contributed by atoms with Gasteiger partial charge in [-0.1, -0.05) is 66.7 Å². The highest BCUT2D eigenvalue weighted by Gasteiger charge is 2.15. The van der Waals surface area contributed by atoms with Crippen LogP contribution in [-0.2, 0) is 17.6 Å². The minimum Gasteiger partial charge on any atom is -0.273 e. The van der Waals surface area contributed by atoms with Crippen molar-refractivity contribution in [1.82, 2.24) is 5.43 Å². The van der Waals surface area contributed by atoms with Crippen molar-refractivity contribution in [2.24, 2.45) is 5.10 Å². The Morgan fingerprint density at radius 1 is 0.920 bits per heavy atom. The molecule has 0 fully saturated rings. The number of nitrogens with zero attached hydrogens (tertiary/aromatic N) is 1. The Morgan fingerprint density at radius 3 is 2.68 bits per heavy atom. The highest BCUT2D eigenvalue weighted by Crippen LogP contribution is 2.21. The van der Waals surface area contributed by atoms with Crippen molar-refractivity contribution in [1.29, 1.82) is 0 Å². The number of rotatable bonds is 3. The van der Waals surface area contributed by atoms with E-state index in [-0.39, 0.29) is 5.91 Å². The molecule has 1 amide bonds. The van der Waals surface area contributed by atoms with Crippen LogP contribution in [0.15, 0.2) is 71.8 Å². The molecule has 3 nitrogen and oxygen atoms in total. The SMILES string of the molecule is O=C(Cc1cccc2ccccc12)N/N=C1\CCCc2ccccc21. The lowest BCUT2D eigenvalue weighted by molar-refractivity contribution is -0.120. The molecule has 3 aromatic carbocycles. The minimum absolute atomic E-state index is 0.0769. The lowest BCUT2D eigenvalue weighted by Crippen LogP contribution is -2.23. The van der Waals surface area contributed by atoms with Crippen molar-refractivity contribution in [2.75, 3.05) is 0 Å². The van der Waals surface area contributed by atoms with Gasteiger partial charge in [-0.05, 0) is 41.2 Å². The molecule has 0 atom stereocenters. The molecule has 0 saturated heterocycles. The second-order valence-corrected chi connectivity index (χ2v) is 6.42. The average molecular weight is 328 g/mol. The highest BCUT2D eigenvalue weighted by molar-refractivity contribution is 6.03. The van der Waals surface area contributed by atoms with Crippen molar-refractivity contribution < 1.29 is 4.79 Å². The first kappa shape index (κ1) is 15.6. The van der Waals surface area contributed by atoms with Crippen molar-refractivity contribution in [3.05, 3.63) is 83.4 Å². The summed E-state index contributed by atoms with van der Waals surface area (Å²) >= 11 is 0. The summed E-state index contributed by atoms with van der Waals surface area (Å²) in [5.74, 6) is -0.0769. The summed E-state index contributed by atoms with van der Waals surface area (Å²) in [5.41, 5.74) is 7.24. The average Bonchev–Trinajstić information content (AvgIpc) is 2.66. The first-order valence-electron chi connectivity index (χ1n) is 8.71. The molecule has 3 aromatic rings. The molecular formula is C22H20N2O. The standard InChI is InChI=1S/C22H20N2O/c25-22(15-18-11-5-9-16-7-1-3-12-19(16)18)24-23-21-14-6-10-17-8-2-4-13-20(17)21/h1-5,7-9,11-13H,6,10,14-15H2,(H,24,25)/b23-21+. The zero-order valence-corrected chi connectivity index (χ0v) is 14.0. The van der Waals surface area contributed by atoms with Gasteiger partial charge in [0.2, 0.25) is 5.91 Å². The molecule has 0 aromatic heterocycles. The molecule has 1 aliphatic carbocycles. The van der Waals surface area contributed by atoms with E-state index in [0.29, 0.717) is 6.42 Å². The largest absolute Gasteiger partial charge is 0.273 e. The number of hydrogen-bond acceptors (Lipinski definition) is 2. The van der Waals surface area contributed by atoms with Crippen LogP contribution in [0, 0.1) is 0 Å². The third-order valence-corrected chi connectivity index (χ3v) is 4.73. The van der Waals surface area contributed by atoms with Gasteiger partial charge in [-0.15, -0.1) is 0 Å². The van der Waals surface area contributed by atoms with E-state index in [1.54, 1.807) is 0 Å². The van der Waals surface area contributed by atoms with E-state index in [1.165, 1.54) is 11.1 Å². The summed E-state index contributed by atoms with van der Waals surface area (Å²) in [5, 5.41) is 6.69. The molecule has 124 valence electrons. The molecule has 0 saturated carbocycles. The Morgan fingerprint density at radius 2 is 1.72 bits per heavy atom. The second kappa shape index (κ2) is 6.89. The van der Waals surface area contributed by atoms with Crippen molar-refractivity contribution in [3.8, 4) is 0 Å². The lowest BCUT2D eigenvalue weighted by atomic mass is 9.90. The topological polar surface area (TPSA) is 41.5 Å². The van der Waals surface area contributed by atoms with Crippen LogP contribution in [-0.4, -0.2) is 11.6 Å². The Hall–Kier alpha value is -2.94. The van der Waals surface area contributed by atoms with Crippen molar-refractivity contribution >= 4 is 22.4 Å². The molecule has 4 rings (SSSR count). The fraction of sp³-hybridized carbons (Fsp3) is 0.182. The van der Waals surface area contributed by atoms with E-state index in [4.69, 9.17) is 0 Å². The van der Waals surface area contributed by atoms with Crippen LogP contribution in [0.3, 0.4) is 0 Å². The molecule has 0 radical (unpaired) electrons. The molecule has 3 heteroatoms. The number of carbonyl (C=O) groups is 1. The maximum absolute atomic E-state index is 12.4. The number of benzene rings is 3. The van der Waals surface area contributed by atoms with Crippen LogP contribution in [0.4, 0.5) is 0 Å². The van der Waals surface area contributed by atoms with Gasteiger partial charge in [0.25, 0.3) is 0 Å². The highest BCUT2D eigenvalue weighted by atomic mass is 16.2. The molecule has 0 heterocycles. The normalized spacial score (nSPS) is 15.1. The second-order valence-electron chi connectivity index (χ2n) is 6.42. The van der Waals surface area contributed by atoms with Gasteiger partial charge in [0.05, 0.1) is 12.1 Å². The molecule has 0 aliphatic heterocycles. The Bertz CT molecular complexity index is 954. The van der Waals surface area contributed by atoms with Gasteiger partial charge in [-0.2, -0.15) is 5.10 Å². The number of amides is 1. The first-order valence-corrected chi connectivity index (χ1v) is 8.71. The number of hydrogen-bond donors (Lipinski definition) is 1. The molecule has 0 unspecified atom stereocenters. The van der Waals surface area contributed by atoms with Crippen LogP contribution in [0.25, 0.3) is 10.8 Å². The molecular weight excluding hydrogens is 308 g/mol. The summed E-state index contributed by atoms with van der Waals surface area (Å²) in [6, 6.07) is 22.5. The van der Waals surface area contributed by atoms with Gasteiger partial charge in [-0.25, -0.2) is 5.43 Å². The predicted octanol–water partition coefficient (Wildman–Crippen LogP) is 4.24. The molecule has 0 spiro atoms. The van der Waals surface area contributed by atoms with Gasteiger partial charge in [0.1, 0.15) is 0 Å². The van der Waals surface area contributed by atoms with Crippen LogP contribution in [0.5, 0.6) is 0 Å². The van der Waals surface area contributed by atoms with E-state index in [2.05, 4.69) is 46.9 Å². The summed E-state index contributed by atoms with van der Waals surface area (Å²) < 4.78 is 0. The summed E-state index contributed by atoms with van der Waals surface area (Å²) in [6.07, 6.45) is 3.40. The quantitative estimate of drug-likeness (QED) is 0.718. The Balaban J connectivity index is 1.52. The maximum atomic E-state index is 12.4.